The lowest BCUT2D eigenvalue weighted by Crippen LogP contribution is -2.30. The number of amides is 1. The van der Waals surface area contributed by atoms with Crippen LogP contribution in [0.4, 0.5) is 18.9 Å². The minimum atomic E-state index is -4.57. The van der Waals surface area contributed by atoms with Crippen LogP contribution in [-0.4, -0.2) is 30.0 Å². The van der Waals surface area contributed by atoms with Crippen molar-refractivity contribution in [3.05, 3.63) is 58.9 Å². The third kappa shape index (κ3) is 4.67. The van der Waals surface area contributed by atoms with Crippen molar-refractivity contribution in [3.63, 3.8) is 0 Å². The second-order valence-electron chi connectivity index (χ2n) is 7.38. The van der Waals surface area contributed by atoms with E-state index in [-0.39, 0.29) is 23.4 Å². The van der Waals surface area contributed by atoms with Crippen LogP contribution in [0.15, 0.2) is 36.5 Å². The van der Waals surface area contributed by atoms with E-state index in [1.807, 2.05) is 24.8 Å². The highest BCUT2D eigenvalue weighted by Gasteiger charge is 2.35. The molecule has 1 atom stereocenters. The summed E-state index contributed by atoms with van der Waals surface area (Å²) in [4.78, 5) is 18.1. The number of halogens is 3. The van der Waals surface area contributed by atoms with Crippen molar-refractivity contribution in [3.8, 4) is 6.07 Å². The Balaban J connectivity index is 1.74. The predicted octanol–water partition coefficient (Wildman–Crippen LogP) is 4.10. The summed E-state index contributed by atoms with van der Waals surface area (Å²) in [5.41, 5.74) is 0.428. The Morgan fingerprint density at radius 2 is 2.07 bits per heavy atom. The fourth-order valence-electron chi connectivity index (χ4n) is 3.45. The molecule has 1 saturated heterocycles. The van der Waals surface area contributed by atoms with E-state index >= 15 is 0 Å². The molecule has 0 aliphatic carbocycles. The molecule has 1 aliphatic rings. The first-order valence-corrected chi connectivity index (χ1v) is 9.32. The highest BCUT2D eigenvalue weighted by atomic mass is 19.4. The number of nitrogens with zero attached hydrogens (tertiary/aromatic N) is 3. The van der Waals surface area contributed by atoms with Gasteiger partial charge < -0.3 is 10.2 Å². The van der Waals surface area contributed by atoms with Gasteiger partial charge in [0.15, 0.2) is 0 Å². The van der Waals surface area contributed by atoms with Gasteiger partial charge in [0.1, 0.15) is 5.69 Å². The third-order valence-electron chi connectivity index (χ3n) is 4.89. The van der Waals surface area contributed by atoms with Crippen LogP contribution in [0.25, 0.3) is 0 Å². The van der Waals surface area contributed by atoms with Gasteiger partial charge in [-0.1, -0.05) is 6.07 Å². The Labute approximate surface area is 167 Å². The quantitative estimate of drug-likeness (QED) is 0.836. The van der Waals surface area contributed by atoms with E-state index < -0.39 is 11.7 Å². The van der Waals surface area contributed by atoms with E-state index in [1.165, 1.54) is 6.07 Å². The number of pyridine rings is 1. The molecule has 5 nitrogen and oxygen atoms in total. The first-order chi connectivity index (χ1) is 13.7. The van der Waals surface area contributed by atoms with Crippen molar-refractivity contribution >= 4 is 11.6 Å². The Kier molecular flexibility index (Phi) is 5.78. The molecule has 152 valence electrons. The van der Waals surface area contributed by atoms with E-state index in [0.717, 1.165) is 18.1 Å². The zero-order chi connectivity index (χ0) is 21.2. The van der Waals surface area contributed by atoms with Gasteiger partial charge in [0.05, 0.1) is 17.2 Å². The highest BCUT2D eigenvalue weighted by molar-refractivity contribution is 5.92. The van der Waals surface area contributed by atoms with Crippen molar-refractivity contribution in [2.75, 3.05) is 18.0 Å². The topological polar surface area (TPSA) is 69.0 Å². The average Bonchev–Trinajstić information content (AvgIpc) is 3.16. The van der Waals surface area contributed by atoms with E-state index in [2.05, 4.69) is 10.3 Å². The minimum absolute atomic E-state index is 0.0152. The second kappa shape index (κ2) is 8.11. The molecule has 1 unspecified atom stereocenters. The number of nitrogens with one attached hydrogen (secondary N) is 1. The molecular weight excluding hydrogens is 381 g/mol. The summed E-state index contributed by atoms with van der Waals surface area (Å²) >= 11 is 0. The molecular formula is C21H21F3N4O. The Morgan fingerprint density at radius 3 is 2.66 bits per heavy atom. The fourth-order valence-corrected chi connectivity index (χ4v) is 3.45. The number of anilines is 1. The Morgan fingerprint density at radius 1 is 1.31 bits per heavy atom. The summed E-state index contributed by atoms with van der Waals surface area (Å²) in [6.07, 6.45) is -2.15. The molecule has 2 aromatic rings. The standard InChI is InChI=1S/C21H21F3N4O/c1-13(2)27-20(29)19-6-4-15(11-26-19)16-7-8-28(12-16)17-5-3-14(10-25)18(9-17)21(22,23)24/h3-6,9,11,13,16H,7-8,12H2,1-2H3,(H,27,29). The molecule has 3 rings (SSSR count). The molecule has 2 heterocycles. The minimum Gasteiger partial charge on any atom is -0.371 e. The van der Waals surface area contributed by atoms with Gasteiger partial charge in [-0.3, -0.25) is 9.78 Å². The van der Waals surface area contributed by atoms with Gasteiger partial charge in [0.25, 0.3) is 5.91 Å². The predicted molar refractivity (Wildman–Crippen MR) is 103 cm³/mol. The Hall–Kier alpha value is -3.08. The lowest BCUT2D eigenvalue weighted by atomic mass is 10.00. The van der Waals surface area contributed by atoms with E-state index in [4.69, 9.17) is 5.26 Å². The molecule has 29 heavy (non-hydrogen) atoms. The van der Waals surface area contributed by atoms with Crippen LogP contribution in [0.3, 0.4) is 0 Å². The third-order valence-corrected chi connectivity index (χ3v) is 4.89. The molecule has 0 radical (unpaired) electrons. The number of carbonyl (C=O) groups excluding carboxylic acids is 1. The molecule has 1 amide bonds. The average molecular weight is 402 g/mol. The molecule has 1 fully saturated rings. The SMILES string of the molecule is CC(C)NC(=O)c1ccc(C2CCN(c3ccc(C#N)c(C(F)(F)F)c3)C2)cn1. The molecule has 1 N–H and O–H groups in total. The molecule has 1 aliphatic heterocycles. The van der Waals surface area contributed by atoms with Crippen LogP contribution < -0.4 is 10.2 Å². The highest BCUT2D eigenvalue weighted by Crippen LogP contribution is 2.36. The summed E-state index contributed by atoms with van der Waals surface area (Å²) in [7, 11) is 0. The lowest BCUT2D eigenvalue weighted by Gasteiger charge is -2.21. The normalized spacial score (nSPS) is 16.7. The van der Waals surface area contributed by atoms with E-state index in [9.17, 15) is 18.0 Å². The maximum absolute atomic E-state index is 13.2. The van der Waals surface area contributed by atoms with Gasteiger partial charge in [-0.2, -0.15) is 18.4 Å². The molecule has 0 spiro atoms. The number of carbonyl (C=O) groups is 1. The smallest absolute Gasteiger partial charge is 0.371 e. The summed E-state index contributed by atoms with van der Waals surface area (Å²) in [5.74, 6) is -0.133. The second-order valence-corrected chi connectivity index (χ2v) is 7.38. The summed E-state index contributed by atoms with van der Waals surface area (Å²) in [5, 5.41) is 11.7. The molecule has 0 saturated carbocycles. The van der Waals surface area contributed by atoms with Gasteiger partial charge in [-0.25, -0.2) is 0 Å². The van der Waals surface area contributed by atoms with E-state index in [1.54, 1.807) is 24.4 Å². The van der Waals surface area contributed by atoms with Crippen molar-refractivity contribution < 1.29 is 18.0 Å². The van der Waals surface area contributed by atoms with Crippen LogP contribution in [0.2, 0.25) is 0 Å². The number of alkyl halides is 3. The molecule has 8 heteroatoms. The van der Waals surface area contributed by atoms with Crippen LogP contribution >= 0.6 is 0 Å². The monoisotopic (exact) mass is 402 g/mol. The number of nitriles is 1. The van der Waals surface area contributed by atoms with Gasteiger partial charge >= 0.3 is 6.18 Å². The van der Waals surface area contributed by atoms with Gasteiger partial charge in [-0.15, -0.1) is 0 Å². The van der Waals surface area contributed by atoms with Gasteiger partial charge in [-0.05, 0) is 50.1 Å². The molecule has 1 aromatic carbocycles. The zero-order valence-electron chi connectivity index (χ0n) is 16.1. The van der Waals surface area contributed by atoms with Gasteiger partial charge in [0.2, 0.25) is 0 Å². The summed E-state index contributed by atoms with van der Waals surface area (Å²) < 4.78 is 39.6. The molecule has 0 bridgehead atoms. The number of hydrogen-bond donors (Lipinski definition) is 1. The lowest BCUT2D eigenvalue weighted by molar-refractivity contribution is -0.137. The van der Waals surface area contributed by atoms with Crippen LogP contribution in [0.1, 0.15) is 53.4 Å². The maximum atomic E-state index is 13.2. The van der Waals surface area contributed by atoms with Crippen LogP contribution in [-0.2, 0) is 6.18 Å². The summed E-state index contributed by atoms with van der Waals surface area (Å²) in [6.45, 7) is 4.88. The van der Waals surface area contributed by atoms with Crippen molar-refractivity contribution in [1.82, 2.24) is 10.3 Å². The Bertz CT molecular complexity index is 932. The van der Waals surface area contributed by atoms with Crippen LogP contribution in [0.5, 0.6) is 0 Å². The number of benzene rings is 1. The first-order valence-electron chi connectivity index (χ1n) is 9.32. The first kappa shape index (κ1) is 20.6. The molecule has 1 aromatic heterocycles. The largest absolute Gasteiger partial charge is 0.417 e. The summed E-state index contributed by atoms with van der Waals surface area (Å²) in [6, 6.07) is 8.93. The zero-order valence-corrected chi connectivity index (χ0v) is 16.1. The van der Waals surface area contributed by atoms with Crippen molar-refractivity contribution in [2.45, 2.75) is 38.4 Å². The van der Waals surface area contributed by atoms with Gasteiger partial charge in [0, 0.05) is 36.9 Å². The van der Waals surface area contributed by atoms with E-state index in [0.29, 0.717) is 24.5 Å². The van der Waals surface area contributed by atoms with Crippen molar-refractivity contribution in [2.24, 2.45) is 0 Å². The number of aromatic nitrogens is 1. The van der Waals surface area contributed by atoms with Crippen LogP contribution in [0, 0.1) is 11.3 Å². The van der Waals surface area contributed by atoms with Crippen molar-refractivity contribution in [1.29, 1.82) is 5.26 Å². The fraction of sp³-hybridized carbons (Fsp3) is 0.381. The number of rotatable bonds is 4. The maximum Gasteiger partial charge on any atom is 0.417 e. The number of hydrogen-bond acceptors (Lipinski definition) is 4.